The lowest BCUT2D eigenvalue weighted by molar-refractivity contribution is -0.124. The predicted molar refractivity (Wildman–Crippen MR) is 83.6 cm³/mol. The number of nitrogens with two attached hydrogens (primary N) is 1. The van der Waals surface area contributed by atoms with Crippen LogP contribution in [0.15, 0.2) is 24.3 Å². The van der Waals surface area contributed by atoms with Crippen LogP contribution in [-0.2, 0) is 4.79 Å². The molecule has 0 heterocycles. The summed E-state index contributed by atoms with van der Waals surface area (Å²) < 4.78 is 0. The maximum Gasteiger partial charge on any atom is 0.224 e. The molecule has 0 radical (unpaired) electrons. The van der Waals surface area contributed by atoms with E-state index in [1.807, 2.05) is 26.1 Å². The van der Waals surface area contributed by atoms with Crippen molar-refractivity contribution >= 4 is 5.91 Å². The molecule has 0 aliphatic rings. The van der Waals surface area contributed by atoms with Crippen molar-refractivity contribution in [1.82, 2.24) is 10.6 Å². The second kappa shape index (κ2) is 8.02. The first-order valence-electron chi connectivity index (χ1n) is 7.23. The van der Waals surface area contributed by atoms with Gasteiger partial charge in [-0.15, -0.1) is 0 Å². The number of carbonyl (C=O) groups excluding carboxylic acids is 1. The minimum absolute atomic E-state index is 0.0357. The fraction of sp³-hybridized carbons (Fsp3) is 0.562. The van der Waals surface area contributed by atoms with Crippen LogP contribution in [0.3, 0.4) is 0 Å². The molecule has 2 unspecified atom stereocenters. The first-order valence-corrected chi connectivity index (χ1v) is 7.23. The van der Waals surface area contributed by atoms with Crippen molar-refractivity contribution in [3.05, 3.63) is 35.4 Å². The van der Waals surface area contributed by atoms with Crippen molar-refractivity contribution < 1.29 is 4.79 Å². The van der Waals surface area contributed by atoms with Gasteiger partial charge in [0.25, 0.3) is 0 Å². The van der Waals surface area contributed by atoms with Crippen molar-refractivity contribution in [1.29, 1.82) is 0 Å². The molecule has 0 saturated heterocycles. The Balaban J connectivity index is 2.50. The normalized spacial score (nSPS) is 14.1. The third kappa shape index (κ3) is 4.94. The summed E-state index contributed by atoms with van der Waals surface area (Å²) in [7, 11) is 1.84. The third-order valence-electron chi connectivity index (χ3n) is 3.49. The third-order valence-corrected chi connectivity index (χ3v) is 3.49. The molecule has 0 aliphatic heterocycles. The molecule has 0 bridgehead atoms. The average molecular weight is 277 g/mol. The van der Waals surface area contributed by atoms with Crippen LogP contribution in [0.5, 0.6) is 0 Å². The van der Waals surface area contributed by atoms with Crippen molar-refractivity contribution in [2.75, 3.05) is 20.1 Å². The Morgan fingerprint density at radius 2 is 1.65 bits per heavy atom. The summed E-state index contributed by atoms with van der Waals surface area (Å²) >= 11 is 0. The Morgan fingerprint density at radius 3 is 2.15 bits per heavy atom. The Hall–Kier alpha value is -1.39. The first kappa shape index (κ1) is 16.7. The highest BCUT2D eigenvalue weighted by Crippen LogP contribution is 2.17. The second-order valence-corrected chi connectivity index (χ2v) is 5.63. The molecule has 4 nitrogen and oxygen atoms in total. The molecule has 0 spiro atoms. The summed E-state index contributed by atoms with van der Waals surface area (Å²) in [5.41, 5.74) is 8.46. The average Bonchev–Trinajstić information content (AvgIpc) is 2.44. The number of nitrogens with one attached hydrogen (secondary N) is 2. The molecule has 1 rings (SSSR count). The second-order valence-electron chi connectivity index (χ2n) is 5.63. The van der Waals surface area contributed by atoms with Gasteiger partial charge in [-0.05, 0) is 24.1 Å². The quantitative estimate of drug-likeness (QED) is 0.711. The van der Waals surface area contributed by atoms with Crippen molar-refractivity contribution in [3.8, 4) is 0 Å². The van der Waals surface area contributed by atoms with Crippen LogP contribution >= 0.6 is 0 Å². The maximum atomic E-state index is 11.8. The molecule has 1 aromatic carbocycles. The van der Waals surface area contributed by atoms with Gasteiger partial charge in [0.2, 0.25) is 5.91 Å². The lowest BCUT2D eigenvalue weighted by Crippen LogP contribution is -2.38. The summed E-state index contributed by atoms with van der Waals surface area (Å²) in [5.74, 6) is 0.506. The minimum Gasteiger partial charge on any atom is -0.354 e. The highest BCUT2D eigenvalue weighted by atomic mass is 16.1. The molecule has 4 heteroatoms. The number of hydrogen-bond donors (Lipinski definition) is 3. The predicted octanol–water partition coefficient (Wildman–Crippen LogP) is 1.78. The van der Waals surface area contributed by atoms with E-state index in [9.17, 15) is 4.79 Å². The molecule has 0 fully saturated rings. The monoisotopic (exact) mass is 277 g/mol. The van der Waals surface area contributed by atoms with Crippen molar-refractivity contribution in [3.63, 3.8) is 0 Å². The molecule has 4 N–H and O–H groups in total. The molecular formula is C16H27N3O. The van der Waals surface area contributed by atoms with Gasteiger partial charge in [0, 0.05) is 25.0 Å². The summed E-state index contributed by atoms with van der Waals surface area (Å²) in [6, 6.07) is 8.13. The van der Waals surface area contributed by atoms with Crippen LogP contribution in [-0.4, -0.2) is 26.0 Å². The summed E-state index contributed by atoms with van der Waals surface area (Å²) in [5, 5.41) is 5.89. The molecule has 0 aliphatic carbocycles. The molecule has 0 saturated carbocycles. The topological polar surface area (TPSA) is 67.2 Å². The lowest BCUT2D eigenvalue weighted by atomic mass is 9.99. The van der Waals surface area contributed by atoms with Gasteiger partial charge in [-0.25, -0.2) is 0 Å². The fourth-order valence-electron chi connectivity index (χ4n) is 2.03. The summed E-state index contributed by atoms with van der Waals surface area (Å²) in [4.78, 5) is 11.8. The van der Waals surface area contributed by atoms with Crippen LogP contribution in [0.4, 0.5) is 0 Å². The highest BCUT2D eigenvalue weighted by Gasteiger charge is 2.13. The van der Waals surface area contributed by atoms with Crippen LogP contribution < -0.4 is 16.4 Å². The van der Waals surface area contributed by atoms with Gasteiger partial charge in [-0.3, -0.25) is 4.79 Å². The standard InChI is InChI=1S/C16H27N3O/c1-11(2)13-5-7-14(8-6-13)15(17)10-19-16(20)12(3)9-18-4/h5-8,11-12,15,18H,9-10,17H2,1-4H3,(H,19,20). The van der Waals surface area contributed by atoms with E-state index in [1.165, 1.54) is 5.56 Å². The zero-order chi connectivity index (χ0) is 15.1. The van der Waals surface area contributed by atoms with Gasteiger partial charge >= 0.3 is 0 Å². The zero-order valence-corrected chi connectivity index (χ0v) is 12.9. The number of carbonyl (C=O) groups is 1. The zero-order valence-electron chi connectivity index (χ0n) is 12.9. The van der Waals surface area contributed by atoms with E-state index >= 15 is 0 Å². The van der Waals surface area contributed by atoms with E-state index in [-0.39, 0.29) is 17.9 Å². The van der Waals surface area contributed by atoms with Gasteiger partial charge in [-0.1, -0.05) is 45.0 Å². The van der Waals surface area contributed by atoms with E-state index in [4.69, 9.17) is 5.73 Å². The Bertz CT molecular complexity index is 414. The van der Waals surface area contributed by atoms with Gasteiger partial charge < -0.3 is 16.4 Å². The van der Waals surface area contributed by atoms with Gasteiger partial charge in [0.1, 0.15) is 0 Å². The number of benzene rings is 1. The Kier molecular flexibility index (Phi) is 6.68. The van der Waals surface area contributed by atoms with E-state index in [2.05, 4.69) is 36.6 Å². The van der Waals surface area contributed by atoms with E-state index < -0.39 is 0 Å². The summed E-state index contributed by atoms with van der Waals surface area (Å²) in [6.07, 6.45) is 0. The molecule has 2 atom stereocenters. The Labute approximate surface area is 122 Å². The largest absolute Gasteiger partial charge is 0.354 e. The van der Waals surface area contributed by atoms with E-state index in [0.29, 0.717) is 19.0 Å². The summed E-state index contributed by atoms with van der Waals surface area (Å²) in [6.45, 7) is 7.36. The lowest BCUT2D eigenvalue weighted by Gasteiger charge is -2.16. The van der Waals surface area contributed by atoms with Crippen molar-refractivity contribution in [2.45, 2.75) is 32.7 Å². The van der Waals surface area contributed by atoms with E-state index in [1.54, 1.807) is 0 Å². The highest BCUT2D eigenvalue weighted by molar-refractivity contribution is 5.78. The molecule has 1 aromatic rings. The van der Waals surface area contributed by atoms with Gasteiger partial charge in [0.05, 0.1) is 0 Å². The fourth-order valence-corrected chi connectivity index (χ4v) is 2.03. The Morgan fingerprint density at radius 1 is 1.10 bits per heavy atom. The van der Waals surface area contributed by atoms with E-state index in [0.717, 1.165) is 5.56 Å². The van der Waals surface area contributed by atoms with Crippen LogP contribution in [0, 0.1) is 5.92 Å². The van der Waals surface area contributed by atoms with Crippen molar-refractivity contribution in [2.24, 2.45) is 11.7 Å². The minimum atomic E-state index is -0.165. The van der Waals surface area contributed by atoms with Crippen LogP contribution in [0.25, 0.3) is 0 Å². The first-order chi connectivity index (χ1) is 9.45. The smallest absolute Gasteiger partial charge is 0.224 e. The van der Waals surface area contributed by atoms with Gasteiger partial charge in [-0.2, -0.15) is 0 Å². The number of amides is 1. The van der Waals surface area contributed by atoms with Crippen LogP contribution in [0.2, 0.25) is 0 Å². The number of hydrogen-bond acceptors (Lipinski definition) is 3. The maximum absolute atomic E-state index is 11.8. The van der Waals surface area contributed by atoms with Crippen LogP contribution in [0.1, 0.15) is 43.9 Å². The molecular weight excluding hydrogens is 250 g/mol. The molecule has 20 heavy (non-hydrogen) atoms. The molecule has 1 amide bonds. The molecule has 112 valence electrons. The van der Waals surface area contributed by atoms with Gasteiger partial charge in [0.15, 0.2) is 0 Å². The number of rotatable bonds is 7. The molecule has 0 aromatic heterocycles. The SMILES string of the molecule is CNCC(C)C(=O)NCC(N)c1ccc(C(C)C)cc1.